The first-order valence-corrected chi connectivity index (χ1v) is 8.68. The van der Waals surface area contributed by atoms with Crippen LogP contribution in [0.4, 0.5) is 0 Å². The Morgan fingerprint density at radius 3 is 1.50 bits per heavy atom. The van der Waals surface area contributed by atoms with Crippen molar-refractivity contribution in [3.05, 3.63) is 0 Å². The van der Waals surface area contributed by atoms with Crippen molar-refractivity contribution >= 4 is 0 Å². The molecule has 2 aliphatic carbocycles. The Morgan fingerprint density at radius 1 is 0.556 bits per heavy atom. The minimum Gasteiger partial charge on any atom is -0.314 e. The second kappa shape index (κ2) is 8.96. The van der Waals surface area contributed by atoms with E-state index in [1.165, 1.54) is 96.4 Å². The van der Waals surface area contributed by atoms with E-state index in [2.05, 4.69) is 5.32 Å². The topological polar surface area (TPSA) is 12.0 Å². The van der Waals surface area contributed by atoms with Gasteiger partial charge in [0.15, 0.2) is 0 Å². The van der Waals surface area contributed by atoms with Crippen molar-refractivity contribution in [2.75, 3.05) is 6.54 Å². The minimum atomic E-state index is 0.838. The van der Waals surface area contributed by atoms with Crippen molar-refractivity contribution in [1.82, 2.24) is 5.32 Å². The summed E-state index contributed by atoms with van der Waals surface area (Å²) in [7, 11) is 0. The van der Waals surface area contributed by atoms with Gasteiger partial charge in [-0.25, -0.2) is 0 Å². The molecule has 0 spiro atoms. The molecule has 1 N–H and O–H groups in total. The molecule has 0 aromatic heterocycles. The molecular formula is C17H33N. The summed E-state index contributed by atoms with van der Waals surface area (Å²) in [6.07, 6.45) is 20.6. The summed E-state index contributed by atoms with van der Waals surface area (Å²) in [4.78, 5) is 0. The molecule has 0 saturated heterocycles. The van der Waals surface area contributed by atoms with Crippen molar-refractivity contribution in [1.29, 1.82) is 0 Å². The highest BCUT2D eigenvalue weighted by Crippen LogP contribution is 2.26. The molecule has 2 fully saturated rings. The first-order valence-electron chi connectivity index (χ1n) is 8.68. The normalized spacial score (nSPS) is 26.0. The zero-order valence-corrected chi connectivity index (χ0v) is 12.3. The number of rotatable bonds is 3. The average Bonchev–Trinajstić information content (AvgIpc) is 2.30. The van der Waals surface area contributed by atoms with Gasteiger partial charge in [-0.2, -0.15) is 0 Å². The Bertz CT molecular complexity index is 186. The Labute approximate surface area is 114 Å². The first kappa shape index (κ1) is 14.4. The molecule has 0 bridgehead atoms. The second-order valence-corrected chi connectivity index (χ2v) is 6.66. The first-order chi connectivity index (χ1) is 8.95. The fraction of sp³-hybridized carbons (Fsp3) is 1.00. The Morgan fingerprint density at radius 2 is 1.06 bits per heavy atom. The maximum absolute atomic E-state index is 3.88. The van der Waals surface area contributed by atoms with Crippen LogP contribution in [0.15, 0.2) is 0 Å². The second-order valence-electron chi connectivity index (χ2n) is 6.66. The molecule has 0 heterocycles. The summed E-state index contributed by atoms with van der Waals surface area (Å²) in [5.74, 6) is 1.02. The Hall–Kier alpha value is -0.0400. The average molecular weight is 251 g/mol. The smallest absolute Gasteiger partial charge is 0.00671 e. The van der Waals surface area contributed by atoms with Gasteiger partial charge in [-0.1, -0.05) is 64.2 Å². The lowest BCUT2D eigenvalue weighted by molar-refractivity contribution is 0.278. The maximum Gasteiger partial charge on any atom is 0.00671 e. The van der Waals surface area contributed by atoms with E-state index >= 15 is 0 Å². The number of hydrogen-bond acceptors (Lipinski definition) is 1. The number of hydrogen-bond donors (Lipinski definition) is 1. The molecule has 0 aromatic carbocycles. The van der Waals surface area contributed by atoms with E-state index in [-0.39, 0.29) is 0 Å². The van der Waals surface area contributed by atoms with Gasteiger partial charge in [0.2, 0.25) is 0 Å². The molecule has 2 saturated carbocycles. The Balaban J connectivity index is 1.63. The lowest BCUT2D eigenvalue weighted by Crippen LogP contribution is -2.35. The summed E-state index contributed by atoms with van der Waals surface area (Å²) in [6.45, 7) is 1.31. The number of nitrogens with one attached hydrogen (secondary N) is 1. The Kier molecular flexibility index (Phi) is 7.15. The highest BCUT2D eigenvalue weighted by Gasteiger charge is 2.18. The third-order valence-electron chi connectivity index (χ3n) is 5.03. The van der Waals surface area contributed by atoms with Gasteiger partial charge in [-0.3, -0.25) is 0 Å². The fourth-order valence-corrected chi connectivity index (χ4v) is 3.40. The van der Waals surface area contributed by atoms with Gasteiger partial charge >= 0.3 is 0 Å². The quantitative estimate of drug-likeness (QED) is 0.740. The van der Waals surface area contributed by atoms with Crippen LogP contribution in [-0.2, 0) is 0 Å². The van der Waals surface area contributed by atoms with Crippen molar-refractivity contribution < 1.29 is 0 Å². The van der Waals surface area contributed by atoms with Crippen LogP contribution in [0.3, 0.4) is 0 Å². The van der Waals surface area contributed by atoms with Gasteiger partial charge in [0.1, 0.15) is 0 Å². The molecule has 1 heteroatoms. The van der Waals surface area contributed by atoms with Crippen LogP contribution in [0.5, 0.6) is 0 Å². The summed E-state index contributed by atoms with van der Waals surface area (Å²) >= 11 is 0. The van der Waals surface area contributed by atoms with Crippen LogP contribution < -0.4 is 5.32 Å². The zero-order chi connectivity index (χ0) is 12.5. The lowest BCUT2D eigenvalue weighted by Gasteiger charge is -2.28. The van der Waals surface area contributed by atoms with Gasteiger partial charge in [0, 0.05) is 6.04 Å². The van der Waals surface area contributed by atoms with E-state index in [0.717, 1.165) is 12.0 Å². The van der Waals surface area contributed by atoms with E-state index in [1.807, 2.05) is 0 Å². The van der Waals surface area contributed by atoms with Crippen LogP contribution in [0.25, 0.3) is 0 Å². The van der Waals surface area contributed by atoms with Gasteiger partial charge in [-0.05, 0) is 38.1 Å². The standard InChI is InChI=1S/C17H33N/c1-2-4-6-8-13-17(14-9-7-5-3-1)18-15-16-11-10-12-16/h16-18H,1-15H2. The van der Waals surface area contributed by atoms with E-state index in [9.17, 15) is 0 Å². The largest absolute Gasteiger partial charge is 0.314 e. The predicted octanol–water partition coefficient (Wildman–Crippen LogP) is 5.05. The van der Waals surface area contributed by atoms with Gasteiger partial charge in [0.05, 0.1) is 0 Å². The van der Waals surface area contributed by atoms with E-state index in [0.29, 0.717) is 0 Å². The molecule has 0 atom stereocenters. The highest BCUT2D eigenvalue weighted by atomic mass is 14.9. The van der Waals surface area contributed by atoms with Crippen LogP contribution in [0.1, 0.15) is 89.9 Å². The molecule has 0 aromatic rings. The van der Waals surface area contributed by atoms with Crippen molar-refractivity contribution in [3.63, 3.8) is 0 Å². The third-order valence-corrected chi connectivity index (χ3v) is 5.03. The SMILES string of the molecule is C1CCCCCC(NCC2CCC2)CCCCC1. The summed E-state index contributed by atoms with van der Waals surface area (Å²) in [5.41, 5.74) is 0. The molecule has 106 valence electrons. The van der Waals surface area contributed by atoms with Crippen LogP contribution in [0, 0.1) is 5.92 Å². The maximum atomic E-state index is 3.88. The van der Waals surface area contributed by atoms with Crippen molar-refractivity contribution in [2.45, 2.75) is 95.9 Å². The van der Waals surface area contributed by atoms with Crippen LogP contribution in [0.2, 0.25) is 0 Å². The molecule has 1 nitrogen and oxygen atoms in total. The predicted molar refractivity (Wildman–Crippen MR) is 79.9 cm³/mol. The summed E-state index contributed by atoms with van der Waals surface area (Å²) in [5, 5.41) is 3.88. The lowest BCUT2D eigenvalue weighted by atomic mass is 9.85. The molecule has 0 unspecified atom stereocenters. The van der Waals surface area contributed by atoms with Crippen molar-refractivity contribution in [3.8, 4) is 0 Å². The zero-order valence-electron chi connectivity index (χ0n) is 12.3. The highest BCUT2D eigenvalue weighted by molar-refractivity contribution is 4.75. The van der Waals surface area contributed by atoms with Crippen LogP contribution in [-0.4, -0.2) is 12.6 Å². The fourth-order valence-electron chi connectivity index (χ4n) is 3.40. The van der Waals surface area contributed by atoms with Gasteiger partial charge in [0.25, 0.3) is 0 Å². The van der Waals surface area contributed by atoms with E-state index in [1.54, 1.807) is 0 Å². The minimum absolute atomic E-state index is 0.838. The summed E-state index contributed by atoms with van der Waals surface area (Å²) in [6, 6.07) is 0.838. The van der Waals surface area contributed by atoms with Crippen molar-refractivity contribution in [2.24, 2.45) is 5.92 Å². The van der Waals surface area contributed by atoms with E-state index in [4.69, 9.17) is 0 Å². The van der Waals surface area contributed by atoms with Crippen LogP contribution >= 0.6 is 0 Å². The van der Waals surface area contributed by atoms with E-state index < -0.39 is 0 Å². The molecule has 0 radical (unpaired) electrons. The van der Waals surface area contributed by atoms with Gasteiger partial charge < -0.3 is 5.32 Å². The third kappa shape index (κ3) is 5.73. The molecule has 0 amide bonds. The molecule has 2 rings (SSSR count). The van der Waals surface area contributed by atoms with Gasteiger partial charge in [-0.15, -0.1) is 0 Å². The monoisotopic (exact) mass is 251 g/mol. The molecule has 2 aliphatic rings. The summed E-state index contributed by atoms with van der Waals surface area (Å²) < 4.78 is 0. The molecular weight excluding hydrogens is 218 g/mol. The molecule has 18 heavy (non-hydrogen) atoms. The molecule has 0 aliphatic heterocycles.